The maximum atomic E-state index is 6.17. The van der Waals surface area contributed by atoms with E-state index >= 15 is 0 Å². The van der Waals surface area contributed by atoms with Gasteiger partial charge in [-0.1, -0.05) is 36.8 Å². The van der Waals surface area contributed by atoms with Gasteiger partial charge in [0, 0.05) is 20.6 Å². The molecular weight excluding hydrogens is 236 g/mol. The molecule has 0 aliphatic carbocycles. The SMILES string of the molecule is CCc1nn(C)c(N(C)Cc2cccc(C)c2)c1N. The minimum absolute atomic E-state index is 0.792. The molecule has 1 heterocycles. The minimum Gasteiger partial charge on any atom is -0.394 e. The quantitative estimate of drug-likeness (QED) is 0.916. The lowest BCUT2D eigenvalue weighted by molar-refractivity contribution is 0.720. The van der Waals surface area contributed by atoms with Crippen LogP contribution < -0.4 is 10.6 Å². The molecule has 2 rings (SSSR count). The second-order valence-electron chi connectivity index (χ2n) is 5.01. The Kier molecular flexibility index (Phi) is 3.79. The van der Waals surface area contributed by atoms with Gasteiger partial charge in [0.1, 0.15) is 5.82 Å². The van der Waals surface area contributed by atoms with Gasteiger partial charge in [-0.25, -0.2) is 0 Å². The Morgan fingerprint density at radius 1 is 1.37 bits per heavy atom. The molecule has 4 nitrogen and oxygen atoms in total. The third-order valence-corrected chi connectivity index (χ3v) is 3.33. The van der Waals surface area contributed by atoms with E-state index in [0.29, 0.717) is 0 Å². The highest BCUT2D eigenvalue weighted by atomic mass is 15.4. The highest BCUT2D eigenvalue weighted by Crippen LogP contribution is 2.26. The first-order valence-electron chi connectivity index (χ1n) is 6.61. The molecule has 1 aromatic carbocycles. The Hall–Kier alpha value is -1.97. The van der Waals surface area contributed by atoms with Gasteiger partial charge in [-0.15, -0.1) is 0 Å². The summed E-state index contributed by atoms with van der Waals surface area (Å²) in [5.41, 5.74) is 10.5. The van der Waals surface area contributed by atoms with Crippen LogP contribution in [0.2, 0.25) is 0 Å². The van der Waals surface area contributed by atoms with Gasteiger partial charge in [-0.05, 0) is 18.9 Å². The lowest BCUT2D eigenvalue weighted by Crippen LogP contribution is -2.20. The fourth-order valence-corrected chi connectivity index (χ4v) is 2.46. The van der Waals surface area contributed by atoms with Crippen LogP contribution in [0, 0.1) is 6.92 Å². The van der Waals surface area contributed by atoms with Crippen LogP contribution in [0.3, 0.4) is 0 Å². The van der Waals surface area contributed by atoms with Gasteiger partial charge < -0.3 is 10.6 Å². The van der Waals surface area contributed by atoms with Gasteiger partial charge in [0.15, 0.2) is 0 Å². The summed E-state index contributed by atoms with van der Waals surface area (Å²) in [5, 5.41) is 4.46. The molecule has 0 bridgehead atoms. The molecule has 0 aliphatic rings. The number of aromatic nitrogens is 2. The van der Waals surface area contributed by atoms with Gasteiger partial charge in [-0.2, -0.15) is 5.10 Å². The average Bonchev–Trinajstić information content (AvgIpc) is 2.64. The maximum absolute atomic E-state index is 6.17. The van der Waals surface area contributed by atoms with Gasteiger partial charge in [-0.3, -0.25) is 4.68 Å². The molecule has 2 N–H and O–H groups in total. The molecule has 0 amide bonds. The zero-order chi connectivity index (χ0) is 14.0. The summed E-state index contributed by atoms with van der Waals surface area (Å²) in [4.78, 5) is 2.15. The van der Waals surface area contributed by atoms with Crippen molar-refractivity contribution in [3.63, 3.8) is 0 Å². The Labute approximate surface area is 114 Å². The van der Waals surface area contributed by atoms with Gasteiger partial charge in [0.25, 0.3) is 0 Å². The fourth-order valence-electron chi connectivity index (χ4n) is 2.46. The van der Waals surface area contributed by atoms with Crippen molar-refractivity contribution in [2.75, 3.05) is 17.7 Å². The van der Waals surface area contributed by atoms with Crippen molar-refractivity contribution in [2.24, 2.45) is 7.05 Å². The summed E-state index contributed by atoms with van der Waals surface area (Å²) in [6.07, 6.45) is 0.859. The first kappa shape index (κ1) is 13.5. The van der Waals surface area contributed by atoms with Crippen LogP contribution in [0.25, 0.3) is 0 Å². The number of anilines is 2. The minimum atomic E-state index is 0.792. The Morgan fingerprint density at radius 3 is 2.68 bits per heavy atom. The summed E-state index contributed by atoms with van der Waals surface area (Å²) >= 11 is 0. The molecule has 0 radical (unpaired) electrons. The van der Waals surface area contributed by atoms with E-state index in [1.807, 2.05) is 11.7 Å². The Bertz CT molecular complexity index is 572. The molecule has 0 saturated heterocycles. The van der Waals surface area contributed by atoms with Crippen LogP contribution >= 0.6 is 0 Å². The highest BCUT2D eigenvalue weighted by Gasteiger charge is 2.15. The first-order valence-corrected chi connectivity index (χ1v) is 6.61. The molecule has 0 spiro atoms. The smallest absolute Gasteiger partial charge is 0.150 e. The number of hydrogen-bond acceptors (Lipinski definition) is 3. The first-order chi connectivity index (χ1) is 9.02. The van der Waals surface area contributed by atoms with Crippen LogP contribution in [-0.2, 0) is 20.0 Å². The summed E-state index contributed by atoms with van der Waals surface area (Å²) in [6.45, 7) is 5.01. The van der Waals surface area contributed by atoms with Crippen LogP contribution in [0.5, 0.6) is 0 Å². The van der Waals surface area contributed by atoms with Crippen molar-refractivity contribution >= 4 is 11.5 Å². The van der Waals surface area contributed by atoms with E-state index in [1.165, 1.54) is 11.1 Å². The monoisotopic (exact) mass is 258 g/mol. The third kappa shape index (κ3) is 2.72. The van der Waals surface area contributed by atoms with E-state index in [4.69, 9.17) is 5.73 Å². The molecular formula is C15H22N4. The van der Waals surface area contributed by atoms with Crippen LogP contribution in [-0.4, -0.2) is 16.8 Å². The number of benzene rings is 1. The van der Waals surface area contributed by atoms with Gasteiger partial charge in [0.05, 0.1) is 11.4 Å². The second-order valence-corrected chi connectivity index (χ2v) is 5.01. The van der Waals surface area contributed by atoms with E-state index < -0.39 is 0 Å². The Balaban J connectivity index is 2.25. The zero-order valence-corrected chi connectivity index (χ0v) is 12.1. The second kappa shape index (κ2) is 5.34. The lowest BCUT2D eigenvalue weighted by Gasteiger charge is -2.20. The fraction of sp³-hybridized carbons (Fsp3) is 0.400. The Morgan fingerprint density at radius 2 is 2.11 bits per heavy atom. The average molecular weight is 258 g/mol. The number of nitrogen functional groups attached to an aromatic ring is 1. The van der Waals surface area contributed by atoms with Crippen molar-refractivity contribution in [1.29, 1.82) is 0 Å². The number of nitrogens with two attached hydrogens (primary N) is 1. The summed E-state index contributed by atoms with van der Waals surface area (Å²) in [5.74, 6) is 0.985. The van der Waals surface area contributed by atoms with E-state index in [9.17, 15) is 0 Å². The molecule has 0 fully saturated rings. The van der Waals surface area contributed by atoms with Crippen molar-refractivity contribution in [3.8, 4) is 0 Å². The zero-order valence-electron chi connectivity index (χ0n) is 12.1. The van der Waals surface area contributed by atoms with Crippen molar-refractivity contribution in [1.82, 2.24) is 9.78 Å². The third-order valence-electron chi connectivity index (χ3n) is 3.33. The van der Waals surface area contributed by atoms with Crippen molar-refractivity contribution in [2.45, 2.75) is 26.8 Å². The van der Waals surface area contributed by atoms with Crippen LogP contribution in [0.1, 0.15) is 23.7 Å². The number of nitrogens with zero attached hydrogens (tertiary/aromatic N) is 3. The largest absolute Gasteiger partial charge is 0.394 e. The molecule has 102 valence electrons. The maximum Gasteiger partial charge on any atom is 0.150 e. The molecule has 1 aromatic heterocycles. The number of rotatable bonds is 4. The molecule has 0 atom stereocenters. The van der Waals surface area contributed by atoms with Crippen molar-refractivity contribution < 1.29 is 0 Å². The summed E-state index contributed by atoms with van der Waals surface area (Å²) in [7, 11) is 3.99. The molecule has 0 saturated carbocycles. The van der Waals surface area contributed by atoms with E-state index in [0.717, 1.165) is 30.2 Å². The number of hydrogen-bond donors (Lipinski definition) is 1. The molecule has 2 aromatic rings. The van der Waals surface area contributed by atoms with E-state index in [2.05, 4.69) is 55.2 Å². The molecule has 0 aliphatic heterocycles. The van der Waals surface area contributed by atoms with E-state index in [-0.39, 0.29) is 0 Å². The topological polar surface area (TPSA) is 47.1 Å². The lowest BCUT2D eigenvalue weighted by atomic mass is 10.1. The molecule has 4 heteroatoms. The number of aryl methyl sites for hydroxylation is 3. The van der Waals surface area contributed by atoms with Crippen LogP contribution in [0.4, 0.5) is 11.5 Å². The predicted octanol–water partition coefficient (Wildman–Crippen LogP) is 2.51. The highest BCUT2D eigenvalue weighted by molar-refractivity contribution is 5.66. The van der Waals surface area contributed by atoms with Gasteiger partial charge >= 0.3 is 0 Å². The normalized spacial score (nSPS) is 10.7. The summed E-state index contributed by atoms with van der Waals surface area (Å²) < 4.78 is 1.87. The summed E-state index contributed by atoms with van der Waals surface area (Å²) in [6, 6.07) is 8.53. The standard InChI is InChI=1S/C15H22N4/c1-5-13-14(16)15(19(4)17-13)18(3)10-12-8-6-7-11(2)9-12/h6-9H,5,10,16H2,1-4H3. The van der Waals surface area contributed by atoms with Crippen LogP contribution in [0.15, 0.2) is 24.3 Å². The van der Waals surface area contributed by atoms with E-state index in [1.54, 1.807) is 0 Å². The predicted molar refractivity (Wildman–Crippen MR) is 80.3 cm³/mol. The molecule has 19 heavy (non-hydrogen) atoms. The molecule has 0 unspecified atom stereocenters. The van der Waals surface area contributed by atoms with Crippen molar-refractivity contribution in [3.05, 3.63) is 41.1 Å². The van der Waals surface area contributed by atoms with Gasteiger partial charge in [0.2, 0.25) is 0 Å².